The Morgan fingerprint density at radius 2 is 1.52 bits per heavy atom. The Bertz CT molecular complexity index is 837. The molecule has 0 heterocycles. The standard InChI is InChI=1S/C18H22N2O3S2/c1-18(2,3)19-17(21)13-5-7-14(8-6-13)20-25(22,23)16-11-9-15(24-4)10-12-16/h5-12,20H,1-4H3,(H,19,21). The topological polar surface area (TPSA) is 75.3 Å². The van der Waals surface area contributed by atoms with E-state index in [1.165, 1.54) is 0 Å². The third-order valence-corrected chi connectivity index (χ3v) is 5.40. The van der Waals surface area contributed by atoms with Crippen LogP contribution in [0.15, 0.2) is 58.3 Å². The molecule has 0 spiro atoms. The molecule has 2 N–H and O–H groups in total. The van der Waals surface area contributed by atoms with Crippen LogP contribution in [0.4, 0.5) is 5.69 Å². The first-order valence-electron chi connectivity index (χ1n) is 7.70. The highest BCUT2D eigenvalue weighted by atomic mass is 32.2. The summed E-state index contributed by atoms with van der Waals surface area (Å²) >= 11 is 1.55. The second-order valence-electron chi connectivity index (χ2n) is 6.56. The second kappa shape index (κ2) is 7.49. The van der Waals surface area contributed by atoms with Crippen LogP contribution in [-0.4, -0.2) is 26.1 Å². The van der Waals surface area contributed by atoms with Gasteiger partial charge in [-0.1, -0.05) is 0 Å². The van der Waals surface area contributed by atoms with E-state index in [4.69, 9.17) is 0 Å². The zero-order valence-electron chi connectivity index (χ0n) is 14.7. The molecule has 1 amide bonds. The normalized spacial score (nSPS) is 11.8. The van der Waals surface area contributed by atoms with Crippen LogP contribution in [-0.2, 0) is 10.0 Å². The van der Waals surface area contributed by atoms with Crippen LogP contribution in [0.2, 0.25) is 0 Å². The minimum absolute atomic E-state index is 0.194. The lowest BCUT2D eigenvalue weighted by atomic mass is 10.1. The monoisotopic (exact) mass is 378 g/mol. The fraction of sp³-hybridized carbons (Fsp3) is 0.278. The van der Waals surface area contributed by atoms with Gasteiger partial charge in [-0.25, -0.2) is 8.42 Å². The Morgan fingerprint density at radius 1 is 0.960 bits per heavy atom. The molecule has 2 aromatic carbocycles. The Kier molecular flexibility index (Phi) is 5.80. The quantitative estimate of drug-likeness (QED) is 0.777. The van der Waals surface area contributed by atoms with Gasteiger partial charge in [0.25, 0.3) is 15.9 Å². The van der Waals surface area contributed by atoms with E-state index in [0.717, 1.165) is 4.90 Å². The van der Waals surface area contributed by atoms with Crippen LogP contribution in [0.1, 0.15) is 31.1 Å². The molecule has 0 aliphatic heterocycles. The summed E-state index contributed by atoms with van der Waals surface area (Å²) < 4.78 is 27.3. The number of sulfonamides is 1. The van der Waals surface area contributed by atoms with Gasteiger partial charge >= 0.3 is 0 Å². The van der Waals surface area contributed by atoms with E-state index in [2.05, 4.69) is 10.0 Å². The average Bonchev–Trinajstić information content (AvgIpc) is 2.53. The molecule has 134 valence electrons. The van der Waals surface area contributed by atoms with Crippen molar-refractivity contribution in [1.82, 2.24) is 5.32 Å². The summed E-state index contributed by atoms with van der Waals surface area (Å²) in [4.78, 5) is 13.3. The third-order valence-electron chi connectivity index (χ3n) is 3.26. The number of thioether (sulfide) groups is 1. The lowest BCUT2D eigenvalue weighted by Crippen LogP contribution is -2.40. The number of rotatable bonds is 5. The molecule has 0 radical (unpaired) electrons. The predicted octanol–water partition coefficient (Wildman–Crippen LogP) is 3.74. The van der Waals surface area contributed by atoms with Gasteiger partial charge in [-0.05, 0) is 75.6 Å². The van der Waals surface area contributed by atoms with Crippen LogP contribution < -0.4 is 10.0 Å². The smallest absolute Gasteiger partial charge is 0.261 e. The molecule has 7 heteroatoms. The molecular formula is C18H22N2O3S2. The molecule has 2 rings (SSSR count). The van der Waals surface area contributed by atoms with Gasteiger partial charge in [0, 0.05) is 21.7 Å². The van der Waals surface area contributed by atoms with Crippen LogP contribution in [0.3, 0.4) is 0 Å². The lowest BCUT2D eigenvalue weighted by molar-refractivity contribution is 0.0919. The number of hydrogen-bond donors (Lipinski definition) is 2. The molecule has 2 aromatic rings. The third kappa shape index (κ3) is 5.51. The van der Waals surface area contributed by atoms with E-state index in [0.29, 0.717) is 11.3 Å². The van der Waals surface area contributed by atoms with Gasteiger partial charge in [-0.2, -0.15) is 0 Å². The molecule has 0 bridgehead atoms. The summed E-state index contributed by atoms with van der Waals surface area (Å²) in [7, 11) is -3.66. The zero-order valence-corrected chi connectivity index (χ0v) is 16.3. The van der Waals surface area contributed by atoms with Gasteiger partial charge in [0.1, 0.15) is 0 Å². The highest BCUT2D eigenvalue weighted by molar-refractivity contribution is 7.98. The Morgan fingerprint density at radius 3 is 2.00 bits per heavy atom. The van der Waals surface area contributed by atoms with E-state index in [1.54, 1.807) is 60.3 Å². The summed E-state index contributed by atoms with van der Waals surface area (Å²) in [5.41, 5.74) is 0.545. The number of benzene rings is 2. The molecule has 0 aromatic heterocycles. The molecule has 0 aliphatic carbocycles. The fourth-order valence-corrected chi connectivity index (χ4v) is 3.54. The molecule has 25 heavy (non-hydrogen) atoms. The Labute approximate surface area is 153 Å². The van der Waals surface area contributed by atoms with E-state index in [-0.39, 0.29) is 16.3 Å². The number of anilines is 1. The number of hydrogen-bond acceptors (Lipinski definition) is 4. The van der Waals surface area contributed by atoms with Crippen molar-refractivity contribution >= 4 is 33.4 Å². The number of nitrogens with one attached hydrogen (secondary N) is 2. The number of carbonyl (C=O) groups is 1. The predicted molar refractivity (Wildman–Crippen MR) is 103 cm³/mol. The first-order valence-corrected chi connectivity index (χ1v) is 10.4. The molecule has 0 fully saturated rings. The molecule has 5 nitrogen and oxygen atoms in total. The van der Waals surface area contributed by atoms with Crippen molar-refractivity contribution < 1.29 is 13.2 Å². The molecule has 0 unspecified atom stereocenters. The first kappa shape index (κ1) is 19.3. The average molecular weight is 379 g/mol. The van der Waals surface area contributed by atoms with E-state index in [1.807, 2.05) is 27.0 Å². The summed E-state index contributed by atoms with van der Waals surface area (Å²) in [5, 5.41) is 2.86. The van der Waals surface area contributed by atoms with Crippen LogP contribution >= 0.6 is 11.8 Å². The first-order chi connectivity index (χ1) is 11.6. The molecule has 0 atom stereocenters. The number of amides is 1. The summed E-state index contributed by atoms with van der Waals surface area (Å²) in [5.74, 6) is -0.199. The van der Waals surface area contributed by atoms with Gasteiger partial charge in [0.2, 0.25) is 0 Å². The van der Waals surface area contributed by atoms with E-state index < -0.39 is 10.0 Å². The maximum atomic E-state index is 12.4. The van der Waals surface area contributed by atoms with Crippen molar-refractivity contribution in [2.24, 2.45) is 0 Å². The molecule has 0 saturated heterocycles. The van der Waals surface area contributed by atoms with Gasteiger partial charge in [0.15, 0.2) is 0 Å². The van der Waals surface area contributed by atoms with Crippen LogP contribution in [0.5, 0.6) is 0 Å². The van der Waals surface area contributed by atoms with Crippen molar-refractivity contribution in [2.75, 3.05) is 11.0 Å². The van der Waals surface area contributed by atoms with Gasteiger partial charge in [-0.15, -0.1) is 11.8 Å². The fourth-order valence-electron chi connectivity index (χ4n) is 2.07. The van der Waals surface area contributed by atoms with Crippen LogP contribution in [0.25, 0.3) is 0 Å². The van der Waals surface area contributed by atoms with E-state index in [9.17, 15) is 13.2 Å². The Balaban J connectivity index is 2.13. The molecule has 0 aliphatic rings. The van der Waals surface area contributed by atoms with Crippen LogP contribution in [0, 0.1) is 0 Å². The summed E-state index contributed by atoms with van der Waals surface area (Å²) in [6.45, 7) is 5.70. The molecular weight excluding hydrogens is 356 g/mol. The highest BCUT2D eigenvalue weighted by Gasteiger charge is 2.17. The van der Waals surface area contributed by atoms with Crippen molar-refractivity contribution in [1.29, 1.82) is 0 Å². The van der Waals surface area contributed by atoms with Crippen molar-refractivity contribution in [3.8, 4) is 0 Å². The SMILES string of the molecule is CSc1ccc(S(=O)(=O)Nc2ccc(C(=O)NC(C)(C)C)cc2)cc1. The Hall–Kier alpha value is -1.99. The lowest BCUT2D eigenvalue weighted by Gasteiger charge is -2.20. The van der Waals surface area contributed by atoms with Crippen molar-refractivity contribution in [2.45, 2.75) is 36.1 Å². The maximum absolute atomic E-state index is 12.4. The van der Waals surface area contributed by atoms with Crippen molar-refractivity contribution in [3.05, 3.63) is 54.1 Å². The summed E-state index contributed by atoms with van der Waals surface area (Å²) in [6.07, 6.45) is 1.93. The second-order valence-corrected chi connectivity index (χ2v) is 9.12. The van der Waals surface area contributed by atoms with E-state index >= 15 is 0 Å². The minimum atomic E-state index is -3.66. The zero-order chi connectivity index (χ0) is 18.7. The summed E-state index contributed by atoms with van der Waals surface area (Å²) in [6, 6.07) is 13.0. The van der Waals surface area contributed by atoms with Gasteiger partial charge < -0.3 is 5.32 Å². The number of carbonyl (C=O) groups excluding carboxylic acids is 1. The van der Waals surface area contributed by atoms with Gasteiger partial charge in [0.05, 0.1) is 4.90 Å². The maximum Gasteiger partial charge on any atom is 0.261 e. The largest absolute Gasteiger partial charge is 0.347 e. The van der Waals surface area contributed by atoms with Gasteiger partial charge in [-0.3, -0.25) is 9.52 Å². The molecule has 0 saturated carbocycles. The highest BCUT2D eigenvalue weighted by Crippen LogP contribution is 2.20. The van der Waals surface area contributed by atoms with Crippen molar-refractivity contribution in [3.63, 3.8) is 0 Å². The minimum Gasteiger partial charge on any atom is -0.347 e.